The Bertz CT molecular complexity index is 759. The molecule has 0 saturated heterocycles. The Morgan fingerprint density at radius 3 is 2.46 bits per heavy atom. The number of hydrogen-bond donors (Lipinski definition) is 2. The highest BCUT2D eigenvalue weighted by atomic mass is 35.5. The molecule has 5 nitrogen and oxygen atoms in total. The average molecular weight is 379 g/mol. The summed E-state index contributed by atoms with van der Waals surface area (Å²) in [6.45, 7) is 3.82. The second-order valence-corrected chi connectivity index (χ2v) is 6.36. The Morgan fingerprint density at radius 2 is 1.85 bits per heavy atom. The molecular weight excluding hydrogens is 359 g/mol. The van der Waals surface area contributed by atoms with Crippen LogP contribution in [0.2, 0.25) is 5.02 Å². The van der Waals surface area contributed by atoms with Crippen LogP contribution in [0, 0.1) is 5.82 Å². The summed E-state index contributed by atoms with van der Waals surface area (Å²) < 4.78 is 18.8. The second-order valence-electron chi connectivity index (χ2n) is 5.95. The first-order valence-electron chi connectivity index (χ1n) is 8.10. The number of carbonyl (C=O) groups excluding carboxylic acids is 2. The molecule has 2 rings (SSSR count). The monoisotopic (exact) mass is 378 g/mol. The van der Waals surface area contributed by atoms with E-state index in [-0.39, 0.29) is 29.3 Å². The van der Waals surface area contributed by atoms with Crippen LogP contribution in [0.1, 0.15) is 35.3 Å². The Balaban J connectivity index is 1.89. The first kappa shape index (κ1) is 19.7. The van der Waals surface area contributed by atoms with Crippen LogP contribution in [0.25, 0.3) is 0 Å². The lowest BCUT2D eigenvalue weighted by Crippen LogP contribution is -2.39. The van der Waals surface area contributed by atoms with E-state index < -0.39 is 11.8 Å². The molecule has 0 spiro atoms. The fourth-order valence-corrected chi connectivity index (χ4v) is 2.36. The van der Waals surface area contributed by atoms with Crippen molar-refractivity contribution in [3.63, 3.8) is 0 Å². The molecule has 0 aromatic heterocycles. The normalized spacial score (nSPS) is 10.5. The molecule has 0 atom stereocenters. The minimum atomic E-state index is -0.582. The van der Waals surface area contributed by atoms with E-state index in [2.05, 4.69) is 10.6 Å². The number of benzene rings is 2. The molecule has 0 aliphatic heterocycles. The number of ether oxygens (including phenoxy) is 1. The summed E-state index contributed by atoms with van der Waals surface area (Å²) in [7, 11) is 0. The van der Waals surface area contributed by atoms with Crippen molar-refractivity contribution in [1.82, 2.24) is 10.6 Å². The molecule has 2 aromatic rings. The van der Waals surface area contributed by atoms with Crippen LogP contribution in [0.4, 0.5) is 9.18 Å². The van der Waals surface area contributed by atoms with Gasteiger partial charge in [-0.05, 0) is 43.7 Å². The highest BCUT2D eigenvalue weighted by Gasteiger charge is 2.12. The van der Waals surface area contributed by atoms with Gasteiger partial charge in [-0.2, -0.15) is 0 Å². The fourth-order valence-electron chi connectivity index (χ4n) is 2.15. The van der Waals surface area contributed by atoms with Crippen LogP contribution in [0.5, 0.6) is 0 Å². The Morgan fingerprint density at radius 1 is 1.15 bits per heavy atom. The number of hydrogen-bond acceptors (Lipinski definition) is 3. The van der Waals surface area contributed by atoms with Crippen molar-refractivity contribution >= 4 is 23.6 Å². The van der Waals surface area contributed by atoms with Crippen LogP contribution >= 0.6 is 11.6 Å². The Hall–Kier alpha value is -2.60. The molecule has 2 N–H and O–H groups in total. The first-order valence-corrected chi connectivity index (χ1v) is 8.48. The number of amides is 2. The molecule has 0 bridgehead atoms. The van der Waals surface area contributed by atoms with Crippen molar-refractivity contribution in [2.45, 2.75) is 33.0 Å². The van der Waals surface area contributed by atoms with E-state index in [1.54, 1.807) is 24.3 Å². The van der Waals surface area contributed by atoms with Crippen molar-refractivity contribution in [2.24, 2.45) is 0 Å². The van der Waals surface area contributed by atoms with E-state index in [4.69, 9.17) is 16.3 Å². The lowest BCUT2D eigenvalue weighted by molar-refractivity contribution is 0.0469. The summed E-state index contributed by atoms with van der Waals surface area (Å²) in [6.07, 6.45) is 0. The molecule has 0 saturated carbocycles. The standard InChI is InChI=1S/C19H20ClFN2O3/c1-12(2)23-19(25)22-10-13-6-8-14(9-7-13)18(24)26-11-15-16(20)4-3-5-17(15)21/h3-9,12H,10-11H2,1-2H3,(H2,22,23,25). The molecule has 26 heavy (non-hydrogen) atoms. The number of esters is 1. The first-order chi connectivity index (χ1) is 12.4. The summed E-state index contributed by atoms with van der Waals surface area (Å²) >= 11 is 5.90. The highest BCUT2D eigenvalue weighted by Crippen LogP contribution is 2.20. The van der Waals surface area contributed by atoms with Crippen LogP contribution in [0.15, 0.2) is 42.5 Å². The predicted molar refractivity (Wildman–Crippen MR) is 97.5 cm³/mol. The van der Waals surface area contributed by atoms with Gasteiger partial charge in [-0.25, -0.2) is 14.0 Å². The molecule has 0 radical (unpaired) electrons. The van der Waals surface area contributed by atoms with E-state index in [0.29, 0.717) is 12.1 Å². The van der Waals surface area contributed by atoms with Crippen molar-refractivity contribution in [1.29, 1.82) is 0 Å². The van der Waals surface area contributed by atoms with Gasteiger partial charge in [0.15, 0.2) is 0 Å². The van der Waals surface area contributed by atoms with Crippen molar-refractivity contribution in [2.75, 3.05) is 0 Å². The molecule has 138 valence electrons. The number of halogens is 2. The Labute approximate surface area is 156 Å². The maximum absolute atomic E-state index is 13.7. The lowest BCUT2D eigenvalue weighted by Gasteiger charge is -2.10. The maximum atomic E-state index is 13.7. The van der Waals surface area contributed by atoms with Gasteiger partial charge in [0.25, 0.3) is 0 Å². The minimum absolute atomic E-state index is 0.0510. The summed E-state index contributed by atoms with van der Waals surface area (Å²) in [5.41, 5.74) is 1.30. The van der Waals surface area contributed by atoms with Gasteiger partial charge in [-0.1, -0.05) is 29.8 Å². The zero-order chi connectivity index (χ0) is 19.1. The predicted octanol–water partition coefficient (Wildman–Crippen LogP) is 4.04. The zero-order valence-corrected chi connectivity index (χ0v) is 15.3. The fraction of sp³-hybridized carbons (Fsp3) is 0.263. The van der Waals surface area contributed by atoms with Gasteiger partial charge in [0.2, 0.25) is 0 Å². The van der Waals surface area contributed by atoms with Gasteiger partial charge >= 0.3 is 12.0 Å². The van der Waals surface area contributed by atoms with E-state index in [1.165, 1.54) is 18.2 Å². The lowest BCUT2D eigenvalue weighted by atomic mass is 10.1. The number of nitrogens with one attached hydrogen (secondary N) is 2. The average Bonchev–Trinajstić information content (AvgIpc) is 2.59. The van der Waals surface area contributed by atoms with Crippen molar-refractivity contribution in [3.05, 3.63) is 70.0 Å². The molecule has 0 heterocycles. The summed E-state index contributed by atoms with van der Waals surface area (Å²) in [5.74, 6) is -1.10. The molecule has 0 aliphatic rings. The molecule has 0 unspecified atom stereocenters. The van der Waals surface area contributed by atoms with Gasteiger partial charge in [0, 0.05) is 18.2 Å². The van der Waals surface area contributed by atoms with Crippen LogP contribution in [-0.2, 0) is 17.9 Å². The third kappa shape index (κ3) is 5.74. The molecule has 0 fully saturated rings. The van der Waals surface area contributed by atoms with E-state index in [9.17, 15) is 14.0 Å². The maximum Gasteiger partial charge on any atom is 0.338 e. The van der Waals surface area contributed by atoms with Gasteiger partial charge in [-0.3, -0.25) is 0 Å². The molecule has 2 amide bonds. The van der Waals surface area contributed by atoms with E-state index >= 15 is 0 Å². The van der Waals surface area contributed by atoms with Gasteiger partial charge in [0.1, 0.15) is 12.4 Å². The zero-order valence-electron chi connectivity index (χ0n) is 14.5. The van der Waals surface area contributed by atoms with Gasteiger partial charge in [-0.15, -0.1) is 0 Å². The van der Waals surface area contributed by atoms with E-state index in [1.807, 2.05) is 13.8 Å². The van der Waals surface area contributed by atoms with Crippen LogP contribution in [-0.4, -0.2) is 18.0 Å². The van der Waals surface area contributed by atoms with Crippen LogP contribution in [0.3, 0.4) is 0 Å². The number of urea groups is 1. The smallest absolute Gasteiger partial charge is 0.338 e. The van der Waals surface area contributed by atoms with Crippen LogP contribution < -0.4 is 10.6 Å². The second kappa shape index (κ2) is 9.20. The highest BCUT2D eigenvalue weighted by molar-refractivity contribution is 6.31. The largest absolute Gasteiger partial charge is 0.457 e. The number of carbonyl (C=O) groups is 2. The third-order valence-electron chi connectivity index (χ3n) is 3.47. The summed E-state index contributed by atoms with van der Waals surface area (Å²) in [4.78, 5) is 23.6. The third-order valence-corrected chi connectivity index (χ3v) is 3.83. The SMILES string of the molecule is CC(C)NC(=O)NCc1ccc(C(=O)OCc2c(F)cccc2Cl)cc1. The molecule has 2 aromatic carbocycles. The number of rotatable bonds is 6. The van der Waals surface area contributed by atoms with Crippen molar-refractivity contribution < 1.29 is 18.7 Å². The summed E-state index contributed by atoms with van der Waals surface area (Å²) in [5, 5.41) is 5.64. The van der Waals surface area contributed by atoms with Gasteiger partial charge < -0.3 is 15.4 Å². The molecular formula is C19H20ClFN2O3. The molecule has 0 aliphatic carbocycles. The Kier molecular flexibility index (Phi) is 6.97. The van der Waals surface area contributed by atoms with Gasteiger partial charge in [0.05, 0.1) is 10.6 Å². The van der Waals surface area contributed by atoms with E-state index in [0.717, 1.165) is 5.56 Å². The molecule has 7 heteroatoms. The van der Waals surface area contributed by atoms with Crippen molar-refractivity contribution in [3.8, 4) is 0 Å². The quantitative estimate of drug-likeness (QED) is 0.745. The minimum Gasteiger partial charge on any atom is -0.457 e. The summed E-state index contributed by atoms with van der Waals surface area (Å²) in [6, 6.07) is 10.7. The topological polar surface area (TPSA) is 67.4 Å².